The summed E-state index contributed by atoms with van der Waals surface area (Å²) in [6, 6.07) is 16.9. The SMILES string of the molecule is C#C.COc1ccccc1CN(CCCc1c[nH]c2ccccc12)C(C)=O.NC(=O)CN1CCC(N2CCCCC2)CC1. The lowest BCUT2D eigenvalue weighted by molar-refractivity contribution is -0.129. The number of nitrogens with two attached hydrogens (primary N) is 1. The molecule has 3 N–H and O–H groups in total. The van der Waals surface area contributed by atoms with E-state index in [1.54, 1.807) is 14.0 Å². The molecule has 2 saturated heterocycles. The van der Waals surface area contributed by atoms with Crippen molar-refractivity contribution >= 4 is 22.7 Å². The molecule has 3 heterocycles. The molecule has 5 rings (SSSR count). The molecule has 2 aliphatic heterocycles. The Kier molecular flexibility index (Phi) is 14.1. The molecule has 43 heavy (non-hydrogen) atoms. The van der Waals surface area contributed by atoms with E-state index in [-0.39, 0.29) is 11.8 Å². The van der Waals surface area contributed by atoms with Crippen LogP contribution in [-0.4, -0.2) is 83.9 Å². The number of H-pyrrole nitrogens is 1. The highest BCUT2D eigenvalue weighted by Gasteiger charge is 2.25. The zero-order valence-corrected chi connectivity index (χ0v) is 26.0. The van der Waals surface area contributed by atoms with Gasteiger partial charge >= 0.3 is 0 Å². The van der Waals surface area contributed by atoms with Crippen LogP contribution in [0.4, 0.5) is 0 Å². The van der Waals surface area contributed by atoms with E-state index in [9.17, 15) is 9.59 Å². The molecule has 2 amide bonds. The lowest BCUT2D eigenvalue weighted by Crippen LogP contribution is -2.48. The number of benzene rings is 2. The van der Waals surface area contributed by atoms with Crippen molar-refractivity contribution in [2.75, 3.05) is 46.4 Å². The number of primary amides is 1. The van der Waals surface area contributed by atoms with Crippen LogP contribution in [0, 0.1) is 12.8 Å². The van der Waals surface area contributed by atoms with Gasteiger partial charge in [-0.2, -0.15) is 0 Å². The number of terminal acetylenes is 1. The minimum absolute atomic E-state index is 0.0878. The quantitative estimate of drug-likeness (QED) is 0.332. The predicted molar refractivity (Wildman–Crippen MR) is 175 cm³/mol. The Morgan fingerprint density at radius 2 is 1.65 bits per heavy atom. The summed E-state index contributed by atoms with van der Waals surface area (Å²) in [6.07, 6.45) is 18.5. The van der Waals surface area contributed by atoms with Crippen LogP contribution in [0.15, 0.2) is 54.7 Å². The molecule has 0 atom stereocenters. The number of aromatic amines is 1. The van der Waals surface area contributed by atoms with E-state index in [1.807, 2.05) is 35.2 Å². The third-order valence-electron chi connectivity index (χ3n) is 8.39. The number of hydrogen-bond acceptors (Lipinski definition) is 5. The number of aromatic nitrogens is 1. The first-order valence-corrected chi connectivity index (χ1v) is 15.4. The van der Waals surface area contributed by atoms with Crippen molar-refractivity contribution in [3.05, 3.63) is 65.9 Å². The van der Waals surface area contributed by atoms with Gasteiger partial charge in [0, 0.05) is 61.8 Å². The zero-order valence-electron chi connectivity index (χ0n) is 26.0. The van der Waals surface area contributed by atoms with Crippen LogP contribution < -0.4 is 10.5 Å². The van der Waals surface area contributed by atoms with Gasteiger partial charge in [-0.25, -0.2) is 0 Å². The van der Waals surface area contributed by atoms with E-state index in [2.05, 4.69) is 52.0 Å². The third-order valence-corrected chi connectivity index (χ3v) is 8.39. The molecule has 1 aromatic heterocycles. The third kappa shape index (κ3) is 10.5. The van der Waals surface area contributed by atoms with Crippen LogP contribution in [0.25, 0.3) is 10.9 Å². The Balaban J connectivity index is 0.000000242. The maximum Gasteiger partial charge on any atom is 0.231 e. The van der Waals surface area contributed by atoms with Gasteiger partial charge in [-0.3, -0.25) is 14.5 Å². The molecule has 0 spiro atoms. The fourth-order valence-electron chi connectivity index (χ4n) is 6.13. The van der Waals surface area contributed by atoms with E-state index in [0.29, 0.717) is 13.1 Å². The van der Waals surface area contributed by atoms with Crippen molar-refractivity contribution in [1.29, 1.82) is 0 Å². The van der Waals surface area contributed by atoms with Crippen LogP contribution in [0.5, 0.6) is 5.75 Å². The molecule has 0 aliphatic carbocycles. The molecule has 0 bridgehead atoms. The first-order valence-electron chi connectivity index (χ1n) is 15.4. The van der Waals surface area contributed by atoms with Gasteiger partial charge in [0.25, 0.3) is 0 Å². The highest BCUT2D eigenvalue weighted by Crippen LogP contribution is 2.22. The van der Waals surface area contributed by atoms with Crippen LogP contribution >= 0.6 is 0 Å². The number of nitrogens with one attached hydrogen (secondary N) is 1. The Morgan fingerprint density at radius 1 is 0.977 bits per heavy atom. The number of methoxy groups -OCH3 is 1. The summed E-state index contributed by atoms with van der Waals surface area (Å²) in [7, 11) is 1.66. The van der Waals surface area contributed by atoms with E-state index in [4.69, 9.17) is 10.5 Å². The molecule has 0 unspecified atom stereocenters. The smallest absolute Gasteiger partial charge is 0.231 e. The van der Waals surface area contributed by atoms with Gasteiger partial charge < -0.3 is 25.3 Å². The monoisotopic (exact) mass is 587 g/mol. The van der Waals surface area contributed by atoms with Gasteiger partial charge in [0.2, 0.25) is 11.8 Å². The maximum atomic E-state index is 12.0. The average molecular weight is 588 g/mol. The minimum atomic E-state index is -0.198. The molecule has 2 aliphatic rings. The van der Waals surface area contributed by atoms with Gasteiger partial charge in [0.15, 0.2) is 0 Å². The fourth-order valence-corrected chi connectivity index (χ4v) is 6.13. The number of carbonyl (C=O) groups excluding carboxylic acids is 2. The predicted octanol–water partition coefficient (Wildman–Crippen LogP) is 4.83. The lowest BCUT2D eigenvalue weighted by Gasteiger charge is -2.39. The molecular formula is C35H49N5O3. The number of carbonyl (C=O) groups is 2. The van der Waals surface area contributed by atoms with Gasteiger partial charge in [-0.05, 0) is 69.3 Å². The minimum Gasteiger partial charge on any atom is -0.496 e. The molecular weight excluding hydrogens is 538 g/mol. The summed E-state index contributed by atoms with van der Waals surface area (Å²) in [6.45, 7) is 7.99. The molecule has 8 nitrogen and oxygen atoms in total. The largest absolute Gasteiger partial charge is 0.496 e. The Labute approximate surface area is 257 Å². The second kappa shape index (κ2) is 18.0. The summed E-state index contributed by atoms with van der Waals surface area (Å²) >= 11 is 0. The Morgan fingerprint density at radius 3 is 2.33 bits per heavy atom. The Hall–Kier alpha value is -3.80. The molecule has 0 saturated carbocycles. The number of piperidine rings is 2. The van der Waals surface area contributed by atoms with Gasteiger partial charge in [-0.1, -0.05) is 42.8 Å². The van der Waals surface area contributed by atoms with Gasteiger partial charge in [0.05, 0.1) is 13.7 Å². The summed E-state index contributed by atoms with van der Waals surface area (Å²) < 4.78 is 5.40. The highest BCUT2D eigenvalue weighted by atomic mass is 16.5. The highest BCUT2D eigenvalue weighted by molar-refractivity contribution is 5.83. The molecule has 3 aromatic rings. The number of fused-ring (bicyclic) bond motifs is 1. The summed E-state index contributed by atoms with van der Waals surface area (Å²) in [4.78, 5) is 32.9. The lowest BCUT2D eigenvalue weighted by atomic mass is 10.00. The average Bonchev–Trinajstić information content (AvgIpc) is 3.45. The number of aryl methyl sites for hydroxylation is 1. The molecule has 8 heteroatoms. The number of para-hydroxylation sites is 2. The van der Waals surface area contributed by atoms with Crippen molar-refractivity contribution in [2.24, 2.45) is 5.73 Å². The van der Waals surface area contributed by atoms with Crippen LogP contribution in [-0.2, 0) is 22.6 Å². The number of amides is 2. The first kappa shape index (κ1) is 33.7. The second-order valence-electron chi connectivity index (χ2n) is 11.3. The number of likely N-dealkylation sites (tertiary alicyclic amines) is 2. The molecule has 232 valence electrons. The van der Waals surface area contributed by atoms with Crippen LogP contribution in [0.2, 0.25) is 0 Å². The Bertz CT molecular complexity index is 1290. The number of rotatable bonds is 10. The van der Waals surface area contributed by atoms with Crippen molar-refractivity contribution in [2.45, 2.75) is 64.5 Å². The second-order valence-corrected chi connectivity index (χ2v) is 11.3. The fraction of sp³-hybridized carbons (Fsp3) is 0.486. The summed E-state index contributed by atoms with van der Waals surface area (Å²) in [5, 5.41) is 1.27. The maximum absolute atomic E-state index is 12.0. The van der Waals surface area contributed by atoms with E-state index >= 15 is 0 Å². The number of nitrogens with zero attached hydrogens (tertiary/aromatic N) is 3. The normalized spacial score (nSPS) is 15.9. The molecule has 0 radical (unpaired) electrons. The topological polar surface area (TPSA) is 94.9 Å². The van der Waals surface area contributed by atoms with Crippen molar-refractivity contribution in [1.82, 2.24) is 19.7 Å². The molecule has 2 fully saturated rings. The van der Waals surface area contributed by atoms with Crippen LogP contribution in [0.3, 0.4) is 0 Å². The zero-order chi connectivity index (χ0) is 31.0. The number of hydrogen-bond donors (Lipinski definition) is 2. The van der Waals surface area contributed by atoms with Crippen molar-refractivity contribution in [3.63, 3.8) is 0 Å². The van der Waals surface area contributed by atoms with Gasteiger partial charge in [-0.15, -0.1) is 12.8 Å². The van der Waals surface area contributed by atoms with Crippen molar-refractivity contribution in [3.8, 4) is 18.6 Å². The summed E-state index contributed by atoms with van der Waals surface area (Å²) in [5.74, 6) is 0.714. The summed E-state index contributed by atoms with van der Waals surface area (Å²) in [5.41, 5.74) is 8.71. The van der Waals surface area contributed by atoms with Gasteiger partial charge in [0.1, 0.15) is 5.75 Å². The standard InChI is InChI=1S/C21H24N2O2.C12H23N3O.C2H2/c1-16(24)23(15-18-8-3-6-12-21(18)25-2)13-7-9-17-14-22-20-11-5-4-10-19(17)20;13-12(16)10-14-8-4-11(5-9-14)15-6-2-1-3-7-15;1-2/h3-6,8,10-12,14,22H,7,9,13,15H2,1-2H3;11H,1-10H2,(H2,13,16);1-2H. The molecule has 2 aromatic carbocycles. The van der Waals surface area contributed by atoms with E-state index in [0.717, 1.165) is 55.3 Å². The number of ether oxygens (including phenoxy) is 1. The van der Waals surface area contributed by atoms with Crippen LogP contribution in [0.1, 0.15) is 56.6 Å². The van der Waals surface area contributed by atoms with Crippen molar-refractivity contribution < 1.29 is 14.3 Å². The van der Waals surface area contributed by atoms with E-state index < -0.39 is 0 Å². The van der Waals surface area contributed by atoms with E-state index in [1.165, 1.54) is 56.1 Å². The first-order chi connectivity index (χ1) is 20.9.